The highest BCUT2D eigenvalue weighted by atomic mass is 16.5. The Hall–Kier alpha value is -3.61. The minimum Gasteiger partial charge on any atom is -0.497 e. The van der Waals surface area contributed by atoms with E-state index in [1.54, 1.807) is 36.9 Å². The van der Waals surface area contributed by atoms with Crippen LogP contribution in [-0.4, -0.2) is 41.4 Å². The van der Waals surface area contributed by atoms with Gasteiger partial charge < -0.3 is 14.8 Å². The SMILES string of the molecule is CCOC(=O)c1cc(-c2cccc(OC)c2)n(-c2ccc(C(=O)NC3CCCC3)cc2)n1. The lowest BCUT2D eigenvalue weighted by Gasteiger charge is -2.13. The second-order valence-electron chi connectivity index (χ2n) is 7.78. The first-order chi connectivity index (χ1) is 15.6. The zero-order valence-electron chi connectivity index (χ0n) is 18.3. The minimum absolute atomic E-state index is 0.0656. The molecule has 32 heavy (non-hydrogen) atoms. The summed E-state index contributed by atoms with van der Waals surface area (Å²) >= 11 is 0. The first-order valence-electron chi connectivity index (χ1n) is 10.9. The number of nitrogens with zero attached hydrogens (tertiary/aromatic N) is 2. The number of nitrogens with one attached hydrogen (secondary N) is 1. The van der Waals surface area contributed by atoms with Crippen molar-refractivity contribution in [3.63, 3.8) is 0 Å². The Morgan fingerprint density at radius 1 is 1.09 bits per heavy atom. The quantitative estimate of drug-likeness (QED) is 0.559. The highest BCUT2D eigenvalue weighted by molar-refractivity contribution is 5.94. The van der Waals surface area contributed by atoms with Crippen LogP contribution in [0.25, 0.3) is 16.9 Å². The summed E-state index contributed by atoms with van der Waals surface area (Å²) < 4.78 is 12.2. The first-order valence-corrected chi connectivity index (χ1v) is 10.9. The molecule has 4 rings (SSSR count). The van der Waals surface area contributed by atoms with Crippen molar-refractivity contribution in [1.29, 1.82) is 0 Å². The van der Waals surface area contributed by atoms with Gasteiger partial charge in [0.25, 0.3) is 5.91 Å². The van der Waals surface area contributed by atoms with Crippen LogP contribution in [0.4, 0.5) is 0 Å². The fourth-order valence-corrected chi connectivity index (χ4v) is 3.96. The molecule has 1 saturated carbocycles. The standard InChI is InChI=1S/C25H27N3O4/c1-3-32-25(30)22-16-23(18-7-6-10-21(15-18)31-2)28(27-22)20-13-11-17(12-14-20)24(29)26-19-8-4-5-9-19/h6-7,10-16,19H,3-5,8-9H2,1-2H3,(H,26,29). The normalized spacial score (nSPS) is 13.7. The molecular weight excluding hydrogens is 406 g/mol. The summed E-state index contributed by atoms with van der Waals surface area (Å²) in [5, 5.41) is 7.59. The van der Waals surface area contributed by atoms with Gasteiger partial charge >= 0.3 is 5.97 Å². The number of methoxy groups -OCH3 is 1. The van der Waals surface area contributed by atoms with Crippen molar-refractivity contribution in [3.8, 4) is 22.7 Å². The largest absolute Gasteiger partial charge is 0.497 e. The average Bonchev–Trinajstić information content (AvgIpc) is 3.49. The Morgan fingerprint density at radius 3 is 2.53 bits per heavy atom. The molecule has 0 atom stereocenters. The summed E-state index contributed by atoms with van der Waals surface area (Å²) in [5.74, 6) is 0.152. The van der Waals surface area contributed by atoms with Gasteiger partial charge in [-0.15, -0.1) is 0 Å². The predicted octanol–water partition coefficient (Wildman–Crippen LogP) is 4.40. The molecule has 0 unspecified atom stereocenters. The molecule has 0 radical (unpaired) electrons. The first kappa shape index (κ1) is 21.6. The smallest absolute Gasteiger partial charge is 0.358 e. The van der Waals surface area contributed by atoms with Crippen LogP contribution in [0, 0.1) is 0 Å². The van der Waals surface area contributed by atoms with Gasteiger partial charge in [0.1, 0.15) is 5.75 Å². The van der Waals surface area contributed by atoms with E-state index in [2.05, 4.69) is 10.4 Å². The molecular formula is C25H27N3O4. The Labute approximate surface area is 187 Å². The molecule has 1 amide bonds. The molecule has 1 aliphatic rings. The maximum atomic E-state index is 12.6. The number of esters is 1. The summed E-state index contributed by atoms with van der Waals surface area (Å²) in [6, 6.07) is 16.7. The number of benzene rings is 2. The predicted molar refractivity (Wildman–Crippen MR) is 121 cm³/mol. The molecule has 1 aromatic heterocycles. The van der Waals surface area contributed by atoms with Gasteiger partial charge in [0.2, 0.25) is 0 Å². The molecule has 0 aliphatic heterocycles. The van der Waals surface area contributed by atoms with Crippen LogP contribution < -0.4 is 10.1 Å². The fourth-order valence-electron chi connectivity index (χ4n) is 3.96. The molecule has 0 spiro atoms. The van der Waals surface area contributed by atoms with Gasteiger partial charge in [-0.25, -0.2) is 9.48 Å². The number of hydrogen-bond acceptors (Lipinski definition) is 5. The number of ether oxygens (including phenoxy) is 2. The van der Waals surface area contributed by atoms with E-state index in [9.17, 15) is 9.59 Å². The number of hydrogen-bond donors (Lipinski definition) is 1. The van der Waals surface area contributed by atoms with E-state index in [1.165, 1.54) is 12.8 Å². The second-order valence-corrected chi connectivity index (χ2v) is 7.78. The molecule has 7 nitrogen and oxygen atoms in total. The van der Waals surface area contributed by atoms with Gasteiger partial charge in [0, 0.05) is 17.2 Å². The lowest BCUT2D eigenvalue weighted by molar-refractivity contribution is 0.0518. The molecule has 1 fully saturated rings. The zero-order valence-corrected chi connectivity index (χ0v) is 18.3. The van der Waals surface area contributed by atoms with Gasteiger partial charge in [-0.05, 0) is 62.2 Å². The molecule has 1 N–H and O–H groups in total. The summed E-state index contributed by atoms with van der Waals surface area (Å²) in [6.07, 6.45) is 4.41. The Bertz CT molecular complexity index is 1100. The number of carbonyl (C=O) groups excluding carboxylic acids is 2. The molecule has 7 heteroatoms. The van der Waals surface area contributed by atoms with Crippen molar-refractivity contribution in [3.05, 3.63) is 65.9 Å². The number of aromatic nitrogens is 2. The van der Waals surface area contributed by atoms with Gasteiger partial charge in [-0.1, -0.05) is 25.0 Å². The zero-order chi connectivity index (χ0) is 22.5. The molecule has 166 valence electrons. The topological polar surface area (TPSA) is 82.5 Å². The monoisotopic (exact) mass is 433 g/mol. The van der Waals surface area contributed by atoms with E-state index in [1.807, 2.05) is 36.4 Å². The van der Waals surface area contributed by atoms with Gasteiger partial charge in [-0.3, -0.25) is 4.79 Å². The molecule has 1 heterocycles. The van der Waals surface area contributed by atoms with Crippen molar-refractivity contribution in [2.75, 3.05) is 13.7 Å². The Balaban J connectivity index is 1.66. The van der Waals surface area contributed by atoms with Crippen LogP contribution in [0.3, 0.4) is 0 Å². The number of amides is 1. The summed E-state index contributed by atoms with van der Waals surface area (Å²) in [6.45, 7) is 2.03. The van der Waals surface area contributed by atoms with E-state index >= 15 is 0 Å². The maximum Gasteiger partial charge on any atom is 0.358 e. The fraction of sp³-hybridized carbons (Fsp3) is 0.320. The van der Waals surface area contributed by atoms with E-state index in [0.717, 1.165) is 29.8 Å². The van der Waals surface area contributed by atoms with E-state index in [4.69, 9.17) is 9.47 Å². The van der Waals surface area contributed by atoms with Crippen LogP contribution in [0.15, 0.2) is 54.6 Å². The van der Waals surface area contributed by atoms with Crippen LogP contribution in [-0.2, 0) is 4.74 Å². The maximum absolute atomic E-state index is 12.6. The van der Waals surface area contributed by atoms with E-state index in [-0.39, 0.29) is 24.2 Å². The van der Waals surface area contributed by atoms with Gasteiger partial charge in [-0.2, -0.15) is 5.10 Å². The summed E-state index contributed by atoms with van der Waals surface area (Å²) in [4.78, 5) is 24.9. The summed E-state index contributed by atoms with van der Waals surface area (Å²) in [7, 11) is 1.61. The molecule has 0 saturated heterocycles. The molecule has 3 aromatic rings. The molecule has 0 bridgehead atoms. The van der Waals surface area contributed by atoms with Crippen molar-refractivity contribution >= 4 is 11.9 Å². The lowest BCUT2D eigenvalue weighted by atomic mass is 10.1. The van der Waals surface area contributed by atoms with Crippen LogP contribution in [0.2, 0.25) is 0 Å². The van der Waals surface area contributed by atoms with Crippen LogP contribution >= 0.6 is 0 Å². The van der Waals surface area contributed by atoms with Crippen molar-refractivity contribution in [2.45, 2.75) is 38.6 Å². The van der Waals surface area contributed by atoms with E-state index < -0.39 is 5.97 Å². The third kappa shape index (κ3) is 4.66. The van der Waals surface area contributed by atoms with Crippen molar-refractivity contribution in [1.82, 2.24) is 15.1 Å². The highest BCUT2D eigenvalue weighted by Gasteiger charge is 2.20. The third-order valence-corrected chi connectivity index (χ3v) is 5.62. The van der Waals surface area contributed by atoms with E-state index in [0.29, 0.717) is 11.3 Å². The average molecular weight is 434 g/mol. The molecule has 2 aromatic carbocycles. The van der Waals surface area contributed by atoms with Crippen LogP contribution in [0.1, 0.15) is 53.5 Å². The molecule has 1 aliphatic carbocycles. The Morgan fingerprint density at radius 2 is 1.84 bits per heavy atom. The van der Waals surface area contributed by atoms with Gasteiger partial charge in [0.15, 0.2) is 5.69 Å². The summed E-state index contributed by atoms with van der Waals surface area (Å²) in [5.41, 5.74) is 3.11. The second kappa shape index (κ2) is 9.68. The van der Waals surface area contributed by atoms with Crippen molar-refractivity contribution < 1.29 is 19.1 Å². The third-order valence-electron chi connectivity index (χ3n) is 5.62. The highest BCUT2D eigenvalue weighted by Crippen LogP contribution is 2.28. The van der Waals surface area contributed by atoms with Crippen molar-refractivity contribution in [2.24, 2.45) is 0 Å². The minimum atomic E-state index is -0.483. The number of carbonyl (C=O) groups is 2. The van der Waals surface area contributed by atoms with Gasteiger partial charge in [0.05, 0.1) is 25.1 Å². The Kier molecular flexibility index (Phi) is 6.54. The lowest BCUT2D eigenvalue weighted by Crippen LogP contribution is -2.32. The number of rotatable bonds is 7. The van der Waals surface area contributed by atoms with Crippen LogP contribution in [0.5, 0.6) is 5.75 Å².